The van der Waals surface area contributed by atoms with Crippen molar-refractivity contribution in [2.45, 2.75) is 27.2 Å². The molecule has 1 N–H and O–H groups in total. The summed E-state index contributed by atoms with van der Waals surface area (Å²) in [5, 5.41) is 3.63. The number of nitrogens with zero attached hydrogens (tertiary/aromatic N) is 4. The second-order valence-electron chi connectivity index (χ2n) is 7.67. The van der Waals surface area contributed by atoms with Crippen LogP contribution in [0.15, 0.2) is 23.2 Å². The van der Waals surface area contributed by atoms with Crippen molar-refractivity contribution >= 4 is 11.6 Å². The van der Waals surface area contributed by atoms with E-state index in [9.17, 15) is 0 Å². The first kappa shape index (κ1) is 19.0. The second kappa shape index (κ2) is 8.76. The standard InChI is InChI=1S/C21H35N5/c1-5-24-10-9-19(16-24)15-23-21(22-4)26-13-11-25(12-14-26)20-8-6-7-17(2)18(20)3/h6-8,19H,5,9-16H2,1-4H3,(H,22,23). The summed E-state index contributed by atoms with van der Waals surface area (Å²) in [5.41, 5.74) is 4.17. The number of guanidine groups is 1. The van der Waals surface area contributed by atoms with E-state index in [2.05, 4.69) is 64.0 Å². The van der Waals surface area contributed by atoms with Crippen molar-refractivity contribution in [3.8, 4) is 0 Å². The predicted octanol–water partition coefficient (Wildman–Crippen LogP) is 2.34. The zero-order valence-corrected chi connectivity index (χ0v) is 17.0. The summed E-state index contributed by atoms with van der Waals surface area (Å²) in [4.78, 5) is 12.0. The Morgan fingerprint density at radius 2 is 1.92 bits per heavy atom. The number of aryl methyl sites for hydroxylation is 1. The van der Waals surface area contributed by atoms with Gasteiger partial charge in [-0.1, -0.05) is 19.1 Å². The summed E-state index contributed by atoms with van der Waals surface area (Å²) in [7, 11) is 1.91. The fraction of sp³-hybridized carbons (Fsp3) is 0.667. The molecule has 0 amide bonds. The van der Waals surface area contributed by atoms with E-state index in [0.717, 1.165) is 44.6 Å². The van der Waals surface area contributed by atoms with Gasteiger partial charge in [0.1, 0.15) is 0 Å². The summed E-state index contributed by atoms with van der Waals surface area (Å²) >= 11 is 0. The van der Waals surface area contributed by atoms with Crippen molar-refractivity contribution in [1.29, 1.82) is 0 Å². The van der Waals surface area contributed by atoms with Gasteiger partial charge >= 0.3 is 0 Å². The molecule has 2 aliphatic rings. The van der Waals surface area contributed by atoms with Gasteiger partial charge in [0.05, 0.1) is 0 Å². The number of likely N-dealkylation sites (tertiary alicyclic amines) is 1. The van der Waals surface area contributed by atoms with Crippen molar-refractivity contribution < 1.29 is 0 Å². The third-order valence-corrected chi connectivity index (χ3v) is 6.07. The summed E-state index contributed by atoms with van der Waals surface area (Å²) in [6.07, 6.45) is 1.30. The highest BCUT2D eigenvalue weighted by Crippen LogP contribution is 2.24. The fourth-order valence-corrected chi connectivity index (χ4v) is 4.17. The lowest BCUT2D eigenvalue weighted by Gasteiger charge is -2.38. The van der Waals surface area contributed by atoms with E-state index in [0.29, 0.717) is 0 Å². The van der Waals surface area contributed by atoms with Crippen molar-refractivity contribution in [2.24, 2.45) is 10.9 Å². The van der Waals surface area contributed by atoms with E-state index < -0.39 is 0 Å². The molecule has 0 saturated carbocycles. The van der Waals surface area contributed by atoms with Crippen LogP contribution in [0, 0.1) is 19.8 Å². The van der Waals surface area contributed by atoms with Crippen molar-refractivity contribution in [3.63, 3.8) is 0 Å². The Kier molecular flexibility index (Phi) is 6.41. The van der Waals surface area contributed by atoms with E-state index in [1.54, 1.807) is 0 Å². The Morgan fingerprint density at radius 1 is 1.15 bits per heavy atom. The van der Waals surface area contributed by atoms with E-state index in [-0.39, 0.29) is 0 Å². The largest absolute Gasteiger partial charge is 0.368 e. The summed E-state index contributed by atoms with van der Waals surface area (Å²) in [5.74, 6) is 1.82. The normalized spacial score (nSPS) is 22.2. The first-order valence-electron chi connectivity index (χ1n) is 10.1. The maximum Gasteiger partial charge on any atom is 0.193 e. The average Bonchev–Trinajstić information content (AvgIpc) is 3.13. The molecular weight excluding hydrogens is 322 g/mol. The number of hydrogen-bond acceptors (Lipinski definition) is 3. The molecule has 2 saturated heterocycles. The number of nitrogens with one attached hydrogen (secondary N) is 1. The van der Waals surface area contributed by atoms with Gasteiger partial charge in [-0.25, -0.2) is 0 Å². The molecule has 0 aliphatic carbocycles. The highest BCUT2D eigenvalue weighted by molar-refractivity contribution is 5.80. The minimum absolute atomic E-state index is 0.753. The Morgan fingerprint density at radius 3 is 2.58 bits per heavy atom. The van der Waals surface area contributed by atoms with Crippen LogP contribution >= 0.6 is 0 Å². The van der Waals surface area contributed by atoms with Crippen LogP contribution in [0.1, 0.15) is 24.5 Å². The van der Waals surface area contributed by atoms with Crippen LogP contribution in [-0.4, -0.2) is 75.2 Å². The fourth-order valence-electron chi connectivity index (χ4n) is 4.17. The van der Waals surface area contributed by atoms with E-state index in [1.165, 1.54) is 42.9 Å². The Labute approximate surface area is 159 Å². The van der Waals surface area contributed by atoms with Gasteiger partial charge in [-0.15, -0.1) is 0 Å². The lowest BCUT2D eigenvalue weighted by molar-refractivity contribution is 0.337. The number of anilines is 1. The van der Waals surface area contributed by atoms with Gasteiger partial charge in [-0.05, 0) is 56.5 Å². The first-order chi connectivity index (χ1) is 12.6. The van der Waals surface area contributed by atoms with Crippen molar-refractivity contribution in [3.05, 3.63) is 29.3 Å². The second-order valence-corrected chi connectivity index (χ2v) is 7.67. The SMILES string of the molecule is CCN1CCC(CNC(=NC)N2CCN(c3cccc(C)c3C)CC2)C1. The van der Waals surface area contributed by atoms with Gasteiger partial charge in [0.15, 0.2) is 5.96 Å². The molecule has 2 fully saturated rings. The van der Waals surface area contributed by atoms with E-state index in [4.69, 9.17) is 0 Å². The topological polar surface area (TPSA) is 34.1 Å². The third kappa shape index (κ3) is 4.32. The quantitative estimate of drug-likeness (QED) is 0.663. The number of hydrogen-bond donors (Lipinski definition) is 1. The minimum Gasteiger partial charge on any atom is -0.368 e. The molecule has 0 aromatic heterocycles. The van der Waals surface area contributed by atoms with Crippen LogP contribution in [0.3, 0.4) is 0 Å². The van der Waals surface area contributed by atoms with Crippen LogP contribution < -0.4 is 10.2 Å². The average molecular weight is 358 g/mol. The minimum atomic E-state index is 0.753. The summed E-state index contributed by atoms with van der Waals surface area (Å²) in [6, 6.07) is 6.62. The van der Waals surface area contributed by atoms with Gasteiger partial charge in [-0.3, -0.25) is 4.99 Å². The molecule has 5 nitrogen and oxygen atoms in total. The van der Waals surface area contributed by atoms with Gasteiger partial charge in [-0.2, -0.15) is 0 Å². The molecule has 2 aliphatic heterocycles. The zero-order valence-electron chi connectivity index (χ0n) is 17.0. The molecule has 3 rings (SSSR count). The first-order valence-corrected chi connectivity index (χ1v) is 10.1. The molecular formula is C21H35N5. The Balaban J connectivity index is 1.51. The molecule has 26 heavy (non-hydrogen) atoms. The maximum atomic E-state index is 4.54. The van der Waals surface area contributed by atoms with Crippen molar-refractivity contribution in [1.82, 2.24) is 15.1 Å². The van der Waals surface area contributed by atoms with Crippen LogP contribution in [0.4, 0.5) is 5.69 Å². The number of aliphatic imine (C=N–C) groups is 1. The van der Waals surface area contributed by atoms with Crippen molar-refractivity contribution in [2.75, 3.05) is 64.3 Å². The van der Waals surface area contributed by atoms with Crippen LogP contribution in [0.25, 0.3) is 0 Å². The monoisotopic (exact) mass is 357 g/mol. The lowest BCUT2D eigenvalue weighted by atomic mass is 10.1. The highest BCUT2D eigenvalue weighted by Gasteiger charge is 2.24. The lowest BCUT2D eigenvalue weighted by Crippen LogP contribution is -2.53. The van der Waals surface area contributed by atoms with Gasteiger partial charge in [0, 0.05) is 52.0 Å². The maximum absolute atomic E-state index is 4.54. The summed E-state index contributed by atoms with van der Waals surface area (Å²) < 4.78 is 0. The number of piperazine rings is 1. The molecule has 0 bridgehead atoms. The number of benzene rings is 1. The van der Waals surface area contributed by atoms with Gasteiger partial charge < -0.3 is 20.0 Å². The molecule has 1 atom stereocenters. The van der Waals surface area contributed by atoms with Crippen LogP contribution in [-0.2, 0) is 0 Å². The van der Waals surface area contributed by atoms with Crippen LogP contribution in [0.5, 0.6) is 0 Å². The molecule has 0 radical (unpaired) electrons. The van der Waals surface area contributed by atoms with Gasteiger partial charge in [0.2, 0.25) is 0 Å². The smallest absolute Gasteiger partial charge is 0.193 e. The predicted molar refractivity (Wildman–Crippen MR) is 111 cm³/mol. The molecule has 0 spiro atoms. The summed E-state index contributed by atoms with van der Waals surface area (Å²) in [6.45, 7) is 15.5. The van der Waals surface area contributed by atoms with Crippen LogP contribution in [0.2, 0.25) is 0 Å². The Hall–Kier alpha value is -1.75. The molecule has 1 unspecified atom stereocenters. The third-order valence-electron chi connectivity index (χ3n) is 6.07. The van der Waals surface area contributed by atoms with Gasteiger partial charge in [0.25, 0.3) is 0 Å². The zero-order chi connectivity index (χ0) is 18.5. The molecule has 1 aromatic carbocycles. The van der Waals surface area contributed by atoms with E-state index >= 15 is 0 Å². The highest BCUT2D eigenvalue weighted by atomic mass is 15.3. The molecule has 2 heterocycles. The molecule has 1 aromatic rings. The molecule has 144 valence electrons. The Bertz CT molecular complexity index is 619. The molecule has 5 heteroatoms. The van der Waals surface area contributed by atoms with E-state index in [1.807, 2.05) is 7.05 Å². The number of rotatable bonds is 4.